The first-order valence-corrected chi connectivity index (χ1v) is 3.84. The predicted octanol–water partition coefficient (Wildman–Crippen LogP) is 3.37. The minimum Gasteiger partial charge on any atom is -0.0882 e. The van der Waals surface area contributed by atoms with Crippen molar-refractivity contribution in [2.75, 3.05) is 0 Å². The summed E-state index contributed by atoms with van der Waals surface area (Å²) >= 11 is 0. The van der Waals surface area contributed by atoms with Crippen molar-refractivity contribution in [3.05, 3.63) is 30.7 Å². The first-order chi connectivity index (χ1) is 4.72. The highest BCUT2D eigenvalue weighted by atomic mass is 14.0. The van der Waals surface area contributed by atoms with E-state index in [1.165, 1.54) is 5.57 Å². The van der Waals surface area contributed by atoms with Crippen LogP contribution in [0.25, 0.3) is 0 Å². The largest absolute Gasteiger partial charge is 0.0882 e. The van der Waals surface area contributed by atoms with E-state index in [1.807, 2.05) is 6.08 Å². The van der Waals surface area contributed by atoms with Gasteiger partial charge in [-0.3, -0.25) is 0 Å². The monoisotopic (exact) mass is 137 g/mol. The molecule has 0 aliphatic heterocycles. The van der Waals surface area contributed by atoms with Crippen molar-refractivity contribution in [1.82, 2.24) is 0 Å². The fraction of sp³-hybridized carbons (Fsp3) is 0.500. The molecule has 0 nitrogen and oxygen atoms in total. The summed E-state index contributed by atoms with van der Waals surface area (Å²) in [5.74, 6) is 0.553. The van der Waals surface area contributed by atoms with E-state index < -0.39 is 0 Å². The van der Waals surface area contributed by atoms with Crippen LogP contribution in [0, 0.1) is 12.8 Å². The Balaban J connectivity index is 3.84. The third kappa shape index (κ3) is 3.49. The Labute approximate surface area is 64.6 Å². The van der Waals surface area contributed by atoms with Crippen molar-refractivity contribution in [3.63, 3.8) is 0 Å². The molecule has 0 aromatic carbocycles. The van der Waals surface area contributed by atoms with E-state index in [2.05, 4.69) is 39.8 Å². The fourth-order valence-electron chi connectivity index (χ4n) is 0.678. The molecule has 0 aliphatic carbocycles. The Bertz CT molecular complexity index is 129. The zero-order valence-electron chi connectivity index (χ0n) is 7.22. The second-order valence-electron chi connectivity index (χ2n) is 2.57. The van der Waals surface area contributed by atoms with Gasteiger partial charge < -0.3 is 0 Å². The van der Waals surface area contributed by atoms with E-state index in [4.69, 9.17) is 0 Å². The molecular weight excluding hydrogens is 120 g/mol. The SMILES string of the molecule is [CH2]/C=C(\C)C(C)/C=C/CC. The molecule has 1 atom stereocenters. The number of allylic oxidation sites excluding steroid dienone is 4. The Morgan fingerprint density at radius 3 is 2.60 bits per heavy atom. The number of hydrogen-bond donors (Lipinski definition) is 0. The topological polar surface area (TPSA) is 0 Å². The van der Waals surface area contributed by atoms with Gasteiger partial charge in [-0.2, -0.15) is 0 Å². The maximum absolute atomic E-state index is 3.72. The molecule has 57 valence electrons. The summed E-state index contributed by atoms with van der Waals surface area (Å²) in [5.41, 5.74) is 1.34. The van der Waals surface area contributed by atoms with Crippen LogP contribution < -0.4 is 0 Å². The van der Waals surface area contributed by atoms with Crippen LogP contribution in [0.5, 0.6) is 0 Å². The summed E-state index contributed by atoms with van der Waals surface area (Å²) in [7, 11) is 0. The van der Waals surface area contributed by atoms with E-state index in [-0.39, 0.29) is 0 Å². The molecule has 0 rings (SSSR count). The van der Waals surface area contributed by atoms with Gasteiger partial charge in [-0.05, 0) is 26.2 Å². The van der Waals surface area contributed by atoms with Crippen molar-refractivity contribution < 1.29 is 0 Å². The molecule has 0 aliphatic rings. The molecule has 0 N–H and O–H groups in total. The van der Waals surface area contributed by atoms with Crippen LogP contribution in [-0.2, 0) is 0 Å². The predicted molar refractivity (Wildman–Crippen MR) is 47.7 cm³/mol. The second-order valence-corrected chi connectivity index (χ2v) is 2.57. The second kappa shape index (κ2) is 5.28. The molecule has 0 heterocycles. The summed E-state index contributed by atoms with van der Waals surface area (Å²) in [5, 5.41) is 0. The third-order valence-electron chi connectivity index (χ3n) is 1.70. The van der Waals surface area contributed by atoms with Crippen molar-refractivity contribution in [1.29, 1.82) is 0 Å². The third-order valence-corrected chi connectivity index (χ3v) is 1.70. The van der Waals surface area contributed by atoms with Crippen LogP contribution in [0.2, 0.25) is 0 Å². The summed E-state index contributed by atoms with van der Waals surface area (Å²) < 4.78 is 0. The van der Waals surface area contributed by atoms with Crippen LogP contribution in [0.1, 0.15) is 27.2 Å². The fourth-order valence-corrected chi connectivity index (χ4v) is 0.678. The maximum Gasteiger partial charge on any atom is -0.00544 e. The van der Waals surface area contributed by atoms with E-state index in [9.17, 15) is 0 Å². The lowest BCUT2D eigenvalue weighted by atomic mass is 10.0. The van der Waals surface area contributed by atoms with Gasteiger partial charge in [0.1, 0.15) is 0 Å². The maximum atomic E-state index is 3.72. The van der Waals surface area contributed by atoms with Gasteiger partial charge in [-0.25, -0.2) is 0 Å². The molecule has 0 bridgehead atoms. The zero-order valence-corrected chi connectivity index (χ0v) is 7.22. The van der Waals surface area contributed by atoms with Gasteiger partial charge in [0, 0.05) is 0 Å². The summed E-state index contributed by atoms with van der Waals surface area (Å²) in [6.45, 7) is 10.2. The summed E-state index contributed by atoms with van der Waals surface area (Å²) in [4.78, 5) is 0. The minimum atomic E-state index is 0.553. The minimum absolute atomic E-state index is 0.553. The van der Waals surface area contributed by atoms with Crippen molar-refractivity contribution in [2.24, 2.45) is 5.92 Å². The van der Waals surface area contributed by atoms with Gasteiger partial charge in [0.2, 0.25) is 0 Å². The average molecular weight is 137 g/mol. The molecule has 0 saturated carbocycles. The highest BCUT2D eigenvalue weighted by Crippen LogP contribution is 2.10. The molecule has 10 heavy (non-hydrogen) atoms. The molecule has 0 saturated heterocycles. The van der Waals surface area contributed by atoms with Gasteiger partial charge in [-0.1, -0.05) is 37.6 Å². The van der Waals surface area contributed by atoms with E-state index in [0.29, 0.717) is 5.92 Å². The van der Waals surface area contributed by atoms with E-state index in [0.717, 1.165) is 6.42 Å². The molecule has 0 heteroatoms. The number of rotatable bonds is 3. The lowest BCUT2D eigenvalue weighted by Crippen LogP contribution is -1.89. The van der Waals surface area contributed by atoms with Gasteiger partial charge >= 0.3 is 0 Å². The number of hydrogen-bond acceptors (Lipinski definition) is 0. The Kier molecular flexibility index (Phi) is 5.00. The molecule has 0 spiro atoms. The van der Waals surface area contributed by atoms with Crippen molar-refractivity contribution >= 4 is 0 Å². The van der Waals surface area contributed by atoms with Crippen LogP contribution in [0.15, 0.2) is 23.8 Å². The highest BCUT2D eigenvalue weighted by molar-refractivity contribution is 5.10. The summed E-state index contributed by atoms with van der Waals surface area (Å²) in [6, 6.07) is 0. The molecule has 0 fully saturated rings. The van der Waals surface area contributed by atoms with E-state index in [1.54, 1.807) is 0 Å². The van der Waals surface area contributed by atoms with Crippen LogP contribution in [0.3, 0.4) is 0 Å². The average Bonchev–Trinajstić information content (AvgIpc) is 1.98. The van der Waals surface area contributed by atoms with Gasteiger partial charge in [0.25, 0.3) is 0 Å². The summed E-state index contributed by atoms with van der Waals surface area (Å²) in [6.07, 6.45) is 7.45. The zero-order chi connectivity index (χ0) is 7.98. The van der Waals surface area contributed by atoms with Crippen LogP contribution in [0.4, 0.5) is 0 Å². The van der Waals surface area contributed by atoms with Crippen molar-refractivity contribution in [2.45, 2.75) is 27.2 Å². The lowest BCUT2D eigenvalue weighted by molar-refractivity contribution is 0.856. The van der Waals surface area contributed by atoms with Gasteiger partial charge in [-0.15, -0.1) is 0 Å². The smallest absolute Gasteiger partial charge is 0.00544 e. The van der Waals surface area contributed by atoms with Gasteiger partial charge in [0.15, 0.2) is 0 Å². The first kappa shape index (κ1) is 9.48. The Hall–Kier alpha value is -0.520. The molecule has 1 unspecified atom stereocenters. The van der Waals surface area contributed by atoms with Crippen LogP contribution in [-0.4, -0.2) is 0 Å². The quantitative estimate of drug-likeness (QED) is 0.523. The normalized spacial score (nSPS) is 16.2. The van der Waals surface area contributed by atoms with Crippen LogP contribution >= 0.6 is 0 Å². The molecular formula is C10H17. The Morgan fingerprint density at radius 1 is 1.60 bits per heavy atom. The molecule has 0 aromatic heterocycles. The standard InChI is InChI=1S/C10H17/c1-5-7-8-10(4)9(3)6-2/h6-8,10H,2,5H2,1,3-4H3/b8-7+,9-6+. The van der Waals surface area contributed by atoms with E-state index >= 15 is 0 Å². The molecule has 0 amide bonds. The first-order valence-electron chi connectivity index (χ1n) is 3.84. The molecule has 0 aromatic rings. The van der Waals surface area contributed by atoms with Crippen molar-refractivity contribution in [3.8, 4) is 0 Å². The Morgan fingerprint density at radius 2 is 2.20 bits per heavy atom. The lowest BCUT2D eigenvalue weighted by Gasteiger charge is -2.04. The highest BCUT2D eigenvalue weighted by Gasteiger charge is 1.95. The molecule has 1 radical (unpaired) electrons. The van der Waals surface area contributed by atoms with Gasteiger partial charge in [0.05, 0.1) is 0 Å².